The van der Waals surface area contributed by atoms with Gasteiger partial charge in [0.2, 0.25) is 5.91 Å². The van der Waals surface area contributed by atoms with E-state index < -0.39 is 0 Å². The van der Waals surface area contributed by atoms with Gasteiger partial charge in [-0.15, -0.1) is 0 Å². The van der Waals surface area contributed by atoms with Crippen LogP contribution in [0.25, 0.3) is 10.8 Å². The number of nitrogens with zero attached hydrogens (tertiary/aromatic N) is 3. The fourth-order valence-corrected chi connectivity index (χ4v) is 5.80. The van der Waals surface area contributed by atoms with E-state index >= 15 is 0 Å². The van der Waals surface area contributed by atoms with Crippen molar-refractivity contribution in [1.82, 2.24) is 14.8 Å². The van der Waals surface area contributed by atoms with E-state index in [9.17, 15) is 9.59 Å². The number of ether oxygens (including phenoxy) is 2. The molecule has 1 aliphatic carbocycles. The summed E-state index contributed by atoms with van der Waals surface area (Å²) in [5.41, 5.74) is 5.96. The van der Waals surface area contributed by atoms with Gasteiger partial charge in [-0.25, -0.2) is 4.98 Å². The van der Waals surface area contributed by atoms with Crippen LogP contribution in [0.5, 0.6) is 5.75 Å². The highest BCUT2D eigenvalue weighted by Gasteiger charge is 2.37. The van der Waals surface area contributed by atoms with Crippen molar-refractivity contribution in [2.75, 3.05) is 32.0 Å². The molecule has 2 heterocycles. The van der Waals surface area contributed by atoms with Crippen molar-refractivity contribution in [3.63, 3.8) is 0 Å². The van der Waals surface area contributed by atoms with Gasteiger partial charge in [0, 0.05) is 36.6 Å². The van der Waals surface area contributed by atoms with E-state index in [4.69, 9.17) is 15.2 Å². The molecule has 2 aromatic rings. The number of pyridine rings is 1. The Hall–Kier alpha value is -2.87. The van der Waals surface area contributed by atoms with Gasteiger partial charge in [0.15, 0.2) is 0 Å². The number of carbonyl (C=O) groups excluding carboxylic acids is 2. The summed E-state index contributed by atoms with van der Waals surface area (Å²) in [6.07, 6.45) is 10.8. The van der Waals surface area contributed by atoms with E-state index in [1.165, 1.54) is 6.42 Å². The van der Waals surface area contributed by atoms with Crippen molar-refractivity contribution in [1.29, 1.82) is 0 Å². The minimum atomic E-state index is -0.349. The molecule has 1 aromatic heterocycles. The fraction of sp³-hybridized carbons (Fsp3) is 0.621. The molecule has 1 aliphatic heterocycles. The molecule has 1 aromatic carbocycles. The van der Waals surface area contributed by atoms with E-state index in [0.29, 0.717) is 19.0 Å². The smallest absolute Gasteiger partial charge is 0.320 e. The maximum atomic E-state index is 13.7. The Morgan fingerprint density at radius 3 is 2.73 bits per heavy atom. The molecule has 2 aliphatic rings. The van der Waals surface area contributed by atoms with E-state index in [1.807, 2.05) is 43.0 Å². The first-order valence-corrected chi connectivity index (χ1v) is 14.0. The number of likely N-dealkylation sites (tertiary alicyclic amines) is 1. The first-order chi connectivity index (χ1) is 18.0. The number of hydrogen-bond acceptors (Lipinski definition) is 7. The number of hydrogen-bond donors (Lipinski definition) is 1. The molecule has 0 bridgehead atoms. The summed E-state index contributed by atoms with van der Waals surface area (Å²) >= 11 is 0. The fourth-order valence-electron chi connectivity index (χ4n) is 5.80. The second-order valence-corrected chi connectivity index (χ2v) is 10.4. The van der Waals surface area contributed by atoms with Crippen LogP contribution in [0, 0.1) is 0 Å². The molecule has 0 spiro atoms. The van der Waals surface area contributed by atoms with E-state index in [2.05, 4.69) is 9.88 Å². The number of carbonyl (C=O) groups is 2. The summed E-state index contributed by atoms with van der Waals surface area (Å²) in [5, 5.41) is 1.91. The van der Waals surface area contributed by atoms with Crippen molar-refractivity contribution in [2.24, 2.45) is 0 Å². The van der Waals surface area contributed by atoms with Crippen LogP contribution in [0.2, 0.25) is 0 Å². The van der Waals surface area contributed by atoms with Crippen LogP contribution in [0.3, 0.4) is 0 Å². The minimum Gasteiger partial charge on any atom is -0.493 e. The molecule has 8 heteroatoms. The Kier molecular flexibility index (Phi) is 9.61. The summed E-state index contributed by atoms with van der Waals surface area (Å²) in [6.45, 7) is 5.85. The van der Waals surface area contributed by atoms with Gasteiger partial charge in [-0.05, 0) is 68.7 Å². The third-order valence-corrected chi connectivity index (χ3v) is 7.82. The summed E-state index contributed by atoms with van der Waals surface area (Å²) in [5.74, 6) is 1.19. The van der Waals surface area contributed by atoms with Crippen LogP contribution in [-0.4, -0.2) is 71.1 Å². The monoisotopic (exact) mass is 510 g/mol. The Balaban J connectivity index is 1.36. The van der Waals surface area contributed by atoms with Gasteiger partial charge >= 0.3 is 5.97 Å². The number of esters is 1. The van der Waals surface area contributed by atoms with Crippen LogP contribution < -0.4 is 10.5 Å². The van der Waals surface area contributed by atoms with E-state index in [1.54, 1.807) is 6.20 Å². The molecule has 37 heavy (non-hydrogen) atoms. The Labute approximate surface area is 220 Å². The molecule has 1 saturated heterocycles. The molecule has 2 N–H and O–H groups in total. The molecule has 0 unspecified atom stereocenters. The van der Waals surface area contributed by atoms with Crippen LogP contribution in [0.1, 0.15) is 71.6 Å². The molecule has 202 valence electrons. The lowest BCUT2D eigenvalue weighted by Crippen LogP contribution is -2.54. The van der Waals surface area contributed by atoms with Gasteiger partial charge in [0.05, 0.1) is 25.8 Å². The lowest BCUT2D eigenvalue weighted by molar-refractivity contribution is -0.149. The second-order valence-electron chi connectivity index (χ2n) is 10.4. The molecule has 2 fully saturated rings. The van der Waals surface area contributed by atoms with Gasteiger partial charge in [-0.1, -0.05) is 26.2 Å². The largest absolute Gasteiger partial charge is 0.493 e. The maximum Gasteiger partial charge on any atom is 0.320 e. The van der Waals surface area contributed by atoms with Crippen molar-refractivity contribution in [2.45, 2.75) is 89.8 Å². The lowest BCUT2D eigenvalue weighted by atomic mass is 9.93. The summed E-state index contributed by atoms with van der Waals surface area (Å²) < 4.78 is 11.5. The van der Waals surface area contributed by atoms with Crippen molar-refractivity contribution in [3.8, 4) is 5.75 Å². The molecule has 1 amide bonds. The first-order valence-electron chi connectivity index (χ1n) is 14.0. The molecule has 0 radical (unpaired) electrons. The average Bonchev–Trinajstić information content (AvgIpc) is 3.39. The zero-order chi connectivity index (χ0) is 26.2. The Morgan fingerprint density at radius 2 is 1.95 bits per heavy atom. The predicted octanol–water partition coefficient (Wildman–Crippen LogP) is 4.55. The number of rotatable bonds is 11. The number of fused-ring (bicyclic) bond motifs is 1. The Morgan fingerprint density at radius 1 is 1.14 bits per heavy atom. The second kappa shape index (κ2) is 13.1. The highest BCUT2D eigenvalue weighted by Crippen LogP contribution is 2.28. The summed E-state index contributed by atoms with van der Waals surface area (Å²) in [6, 6.07) is 7.81. The average molecular weight is 511 g/mol. The highest BCUT2D eigenvalue weighted by molar-refractivity contribution is 5.91. The first kappa shape index (κ1) is 27.2. The number of aromatic nitrogens is 1. The molecular weight excluding hydrogens is 468 g/mol. The van der Waals surface area contributed by atoms with Crippen molar-refractivity contribution >= 4 is 28.5 Å². The quantitative estimate of drug-likeness (QED) is 0.443. The SMILES string of the molecule is CCCOC(=O)CN(C1CCCCC1)[C@@H](C)C(=O)N1CCC[C@H]1CCOc1ccc2c(N)nccc2c1. The highest BCUT2D eigenvalue weighted by atomic mass is 16.5. The molecule has 1 saturated carbocycles. The van der Waals surface area contributed by atoms with Crippen LogP contribution in [-0.2, 0) is 14.3 Å². The van der Waals surface area contributed by atoms with Crippen LogP contribution in [0.15, 0.2) is 30.5 Å². The van der Waals surface area contributed by atoms with E-state index in [0.717, 1.165) is 74.4 Å². The number of amides is 1. The standard InChI is InChI=1S/C29H42N4O4/c1-3-17-37-27(34)20-33(23-8-5-4-6-9-23)21(2)29(35)32-16-7-10-24(32)14-18-36-25-11-12-26-22(19-25)13-15-31-28(26)30/h11-13,15,19,21,23-24H,3-10,14,16-18,20H2,1-2H3,(H2,30,31)/t21-,24-/m0/s1. The van der Waals surface area contributed by atoms with Gasteiger partial charge < -0.3 is 20.1 Å². The zero-order valence-corrected chi connectivity index (χ0v) is 22.4. The van der Waals surface area contributed by atoms with Crippen LogP contribution >= 0.6 is 0 Å². The van der Waals surface area contributed by atoms with Crippen molar-refractivity contribution < 1.29 is 19.1 Å². The van der Waals surface area contributed by atoms with E-state index in [-0.39, 0.29) is 36.5 Å². The summed E-state index contributed by atoms with van der Waals surface area (Å²) in [4.78, 5) is 34.5. The van der Waals surface area contributed by atoms with Gasteiger partial charge in [0.25, 0.3) is 0 Å². The predicted molar refractivity (Wildman–Crippen MR) is 145 cm³/mol. The number of anilines is 1. The zero-order valence-electron chi connectivity index (χ0n) is 22.4. The number of nitrogen functional groups attached to an aromatic ring is 1. The third-order valence-electron chi connectivity index (χ3n) is 7.82. The van der Waals surface area contributed by atoms with Gasteiger partial charge in [0.1, 0.15) is 11.6 Å². The summed E-state index contributed by atoms with van der Waals surface area (Å²) in [7, 11) is 0. The molecule has 8 nitrogen and oxygen atoms in total. The van der Waals surface area contributed by atoms with Gasteiger partial charge in [-0.2, -0.15) is 0 Å². The maximum absolute atomic E-state index is 13.7. The number of nitrogens with two attached hydrogens (primary N) is 1. The van der Waals surface area contributed by atoms with Gasteiger partial charge in [-0.3, -0.25) is 14.5 Å². The molecule has 4 rings (SSSR count). The van der Waals surface area contributed by atoms with Crippen molar-refractivity contribution in [3.05, 3.63) is 30.5 Å². The molecular formula is C29H42N4O4. The van der Waals surface area contributed by atoms with Crippen LogP contribution in [0.4, 0.5) is 5.82 Å². The Bertz CT molecular complexity index is 1060. The normalized spacial score (nSPS) is 19.3. The minimum absolute atomic E-state index is 0.116. The third kappa shape index (κ3) is 6.92. The molecule has 2 atom stereocenters. The topological polar surface area (TPSA) is 98.0 Å². The number of benzene rings is 1. The lowest BCUT2D eigenvalue weighted by Gasteiger charge is -2.39.